The highest BCUT2D eigenvalue weighted by molar-refractivity contribution is 5.86. The number of carbonyl (C=O) groups excluding carboxylic acids is 2. The Labute approximate surface area is 834 Å². The second kappa shape index (κ2) is 57.9. The number of ketones is 2. The SMILES string of the molecule is CC(C)N1C2CCC1CC(=NO)C2.CC(C)N1C2CCC1CC(=O)C2.CC(C)N1C2CCC1CN(C)C2.CC(C)N1C2CCC1COC2.CC(C)N1C2CCCC1CC(=O)C2.CC(C)N1C2CCCC1COC2.CC(C)N1CC2CCC(C1)O2.CC(C)N1CC2CCC1CN2C.CC(C)N1CC2CCC1CO2.CC(C)N1CCCOCC1.CC(C)N1CCOCC1.CCC1CCCN1C(C)C. The van der Waals surface area contributed by atoms with Gasteiger partial charge in [-0.05, 0) is 328 Å². The van der Waals surface area contributed by atoms with E-state index in [1.54, 1.807) is 0 Å². The molecule has 792 valence electrons. The Kier molecular flexibility index (Phi) is 49.4. The van der Waals surface area contributed by atoms with Crippen LogP contribution in [0.3, 0.4) is 0 Å². The second-order valence-corrected chi connectivity index (χ2v) is 48.5. The Morgan fingerprint density at radius 3 is 0.993 bits per heavy atom. The Bertz CT molecular complexity index is 3210. The van der Waals surface area contributed by atoms with Crippen molar-refractivity contribution in [1.29, 1.82) is 0 Å². The van der Waals surface area contributed by atoms with Gasteiger partial charge in [-0.25, -0.2) is 0 Å². The minimum atomic E-state index is 0.486. The van der Waals surface area contributed by atoms with Crippen LogP contribution >= 0.6 is 0 Å². The van der Waals surface area contributed by atoms with Gasteiger partial charge in [-0.15, -0.1) is 0 Å². The summed E-state index contributed by atoms with van der Waals surface area (Å²) in [6.45, 7) is 80.0. The number of nitrogens with zero attached hydrogens (tertiary/aromatic N) is 15. The van der Waals surface area contributed by atoms with E-state index in [0.717, 1.165) is 215 Å². The molecular weight excluding hydrogens is 1700 g/mol. The van der Waals surface area contributed by atoms with Crippen LogP contribution in [-0.2, 0) is 38.0 Å². The first kappa shape index (κ1) is 116. The van der Waals surface area contributed by atoms with Crippen molar-refractivity contribution in [3.63, 3.8) is 0 Å². The minimum Gasteiger partial charge on any atom is -0.411 e. The van der Waals surface area contributed by atoms with E-state index in [2.05, 4.69) is 261 Å². The number of oxime groups is 1. The summed E-state index contributed by atoms with van der Waals surface area (Å²) in [7, 11) is 4.53. The number of fused-ring (bicyclic) bond motifs is 20. The molecule has 136 heavy (non-hydrogen) atoms. The lowest BCUT2D eigenvalue weighted by molar-refractivity contribution is -0.128. The lowest BCUT2D eigenvalue weighted by Gasteiger charge is -2.52. The maximum absolute atomic E-state index is 11.4. The first-order valence-electron chi connectivity index (χ1n) is 57.3. The van der Waals surface area contributed by atoms with Crippen molar-refractivity contribution in [2.24, 2.45) is 5.16 Å². The molecular formula is C112H215N15O9. The summed E-state index contributed by atoms with van der Waals surface area (Å²) < 4.78 is 33.0. The molecule has 19 atom stereocenters. The molecule has 23 rings (SSSR count). The third-order valence-corrected chi connectivity index (χ3v) is 34.9. The summed E-state index contributed by atoms with van der Waals surface area (Å²) >= 11 is 0. The number of hydrogen-bond acceptors (Lipinski definition) is 24. The monoisotopic (exact) mass is 1910 g/mol. The summed E-state index contributed by atoms with van der Waals surface area (Å²) in [4.78, 5) is 58.7. The van der Waals surface area contributed by atoms with Crippen molar-refractivity contribution >= 4 is 17.3 Å². The van der Waals surface area contributed by atoms with Gasteiger partial charge in [0, 0.05) is 286 Å². The van der Waals surface area contributed by atoms with Gasteiger partial charge in [0.2, 0.25) is 0 Å². The zero-order valence-corrected chi connectivity index (χ0v) is 92.9. The third-order valence-electron chi connectivity index (χ3n) is 34.9. The number of Topliss-reactive ketones (excluding diaryl/α,β-unsaturated/α-hetero) is 2. The van der Waals surface area contributed by atoms with Crippen LogP contribution in [0, 0.1) is 0 Å². The topological polar surface area (TPSA) is 167 Å². The molecule has 0 aromatic rings. The molecule has 23 heterocycles. The highest BCUT2D eigenvalue weighted by Gasteiger charge is 2.47. The zero-order chi connectivity index (χ0) is 98.7. The van der Waals surface area contributed by atoms with Crippen LogP contribution in [0.5, 0.6) is 0 Å². The highest BCUT2D eigenvalue weighted by atomic mass is 16.5. The van der Waals surface area contributed by atoms with Gasteiger partial charge < -0.3 is 43.4 Å². The number of rotatable bonds is 13. The van der Waals surface area contributed by atoms with E-state index < -0.39 is 0 Å². The predicted octanol–water partition coefficient (Wildman–Crippen LogP) is 17.3. The van der Waals surface area contributed by atoms with E-state index in [4.69, 9.17) is 33.6 Å². The number of piperidine rings is 8. The standard InChI is InChI=1S/C11H19NO.C10H18N2O.2C10H20N2.C10H17NO.C10H19NO.3C9H17NO.C9H19N.C8H17NO.C7H15NO/c1-8(2)12-9-4-3-5-10(12)7-11(13)6-9;1-7(2)12-9-3-4-10(12)6-8(5-9)11-13;1-8(2)12-7-9-4-5-10(12)6-11(9)3;1-8(2)12-9-4-5-10(12)7-11(3)6-9;1-7(2)11-8-3-4-9(11)6-10(12)5-8;1-8(2)11-9-4-3-5-10(11)7-12-6-9;1-7(2)10-5-9-4-3-8(10)6-11-9;1-7(2)10-8-3-4-9(10)6-11-5-8;1-7(2)10-5-8-3-4-9(6-10)11-8;1-4-9-6-5-7-10(9)8(2)3;1-8(2)9-4-3-6-10-7-5-9;1-7(2)8-3-5-9-6-4-8/h8-10H,3-7H2,1-2H3;7,9-10,13H,3-6H2,1-2H3;2*8-10H,4-7H2,1-3H3;7-9H,3-6H2,1-2H3;8-10H,3-7H2,1-2H3;3*7-9H,3-6H2,1-2H3;8-9H,4-7H2,1-3H3;8H,3-7H2,1-2H3;7H,3-6H2,1-2H3. The van der Waals surface area contributed by atoms with E-state index in [9.17, 15) is 9.59 Å². The van der Waals surface area contributed by atoms with Crippen LogP contribution < -0.4 is 0 Å². The van der Waals surface area contributed by atoms with E-state index in [-0.39, 0.29) is 0 Å². The molecule has 23 aliphatic rings. The molecule has 0 amide bonds. The van der Waals surface area contributed by atoms with Crippen LogP contribution in [0.4, 0.5) is 0 Å². The van der Waals surface area contributed by atoms with Gasteiger partial charge in [0.05, 0.1) is 76.9 Å². The van der Waals surface area contributed by atoms with Crippen LogP contribution in [0.25, 0.3) is 0 Å². The number of ether oxygens (including phenoxy) is 6. The first-order valence-corrected chi connectivity index (χ1v) is 57.3. The van der Waals surface area contributed by atoms with Gasteiger partial charge in [0.15, 0.2) is 0 Å². The molecule has 18 bridgehead atoms. The number of hydrogen-bond donors (Lipinski definition) is 1. The highest BCUT2D eigenvalue weighted by Crippen LogP contribution is 2.41. The molecule has 0 aliphatic carbocycles. The van der Waals surface area contributed by atoms with Crippen LogP contribution in [0.2, 0.25) is 0 Å². The molecule has 23 saturated heterocycles. The molecule has 23 fully saturated rings. The molecule has 0 spiro atoms. The normalized spacial score (nSPS) is 34.5. The zero-order valence-electron chi connectivity index (χ0n) is 92.9. The molecule has 0 radical (unpaired) electrons. The van der Waals surface area contributed by atoms with E-state index in [1.807, 2.05) is 0 Å². The lowest BCUT2D eigenvalue weighted by Crippen LogP contribution is -2.62. The van der Waals surface area contributed by atoms with Crippen molar-refractivity contribution in [3.8, 4) is 0 Å². The van der Waals surface area contributed by atoms with Gasteiger partial charge in [-0.1, -0.05) is 24.9 Å². The van der Waals surface area contributed by atoms with Gasteiger partial charge in [-0.3, -0.25) is 68.4 Å². The quantitative estimate of drug-likeness (QED) is 0.136. The molecule has 0 aromatic heterocycles. The summed E-state index contributed by atoms with van der Waals surface area (Å²) in [5.74, 6) is 0.978. The average molecular weight is 1920 g/mol. The Balaban J connectivity index is 0.000000154. The van der Waals surface area contributed by atoms with Crippen LogP contribution in [0.15, 0.2) is 5.16 Å². The number of carbonyl (C=O) groups is 2. The van der Waals surface area contributed by atoms with E-state index in [0.29, 0.717) is 121 Å². The molecule has 19 unspecified atom stereocenters. The number of morpholine rings is 5. The lowest BCUT2D eigenvalue weighted by atomic mass is 9.83. The summed E-state index contributed by atoms with van der Waals surface area (Å²) in [6, 6.07) is 19.8. The molecule has 0 saturated carbocycles. The predicted molar refractivity (Wildman–Crippen MR) is 563 cm³/mol. The van der Waals surface area contributed by atoms with Crippen molar-refractivity contribution in [2.45, 2.75) is 553 Å². The van der Waals surface area contributed by atoms with Crippen molar-refractivity contribution in [2.75, 3.05) is 152 Å². The maximum Gasteiger partial charge on any atom is 0.136 e. The maximum atomic E-state index is 11.4. The van der Waals surface area contributed by atoms with E-state index in [1.165, 1.54) is 200 Å². The molecule has 24 heteroatoms. The fraction of sp³-hybridized carbons (Fsp3) is 0.973. The third kappa shape index (κ3) is 34.3. The van der Waals surface area contributed by atoms with Crippen molar-refractivity contribution in [1.82, 2.24) is 68.6 Å². The van der Waals surface area contributed by atoms with Gasteiger partial charge in [0.1, 0.15) is 11.6 Å². The fourth-order valence-electron chi connectivity index (χ4n) is 28.4. The van der Waals surface area contributed by atoms with Gasteiger partial charge in [0.25, 0.3) is 0 Å². The molecule has 1 N–H and O–H groups in total. The molecule has 24 nitrogen and oxygen atoms in total. The fourth-order valence-corrected chi connectivity index (χ4v) is 28.4. The Morgan fingerprint density at radius 2 is 0.640 bits per heavy atom. The summed E-state index contributed by atoms with van der Waals surface area (Å²) in [5, 5.41) is 12.1. The summed E-state index contributed by atoms with van der Waals surface area (Å²) in [5.41, 5.74) is 1.00. The van der Waals surface area contributed by atoms with Crippen molar-refractivity contribution in [3.05, 3.63) is 0 Å². The second-order valence-electron chi connectivity index (χ2n) is 48.5. The molecule has 23 aliphatic heterocycles. The minimum absolute atomic E-state index is 0.486. The number of likely N-dealkylation sites (tertiary alicyclic amines) is 3. The number of piperazine rings is 2. The Hall–Kier alpha value is -1.99. The first-order chi connectivity index (χ1) is 64.9. The number of likely N-dealkylation sites (N-methyl/N-ethyl adjacent to an activating group) is 2. The largest absolute Gasteiger partial charge is 0.411 e. The molecule has 0 aromatic carbocycles. The van der Waals surface area contributed by atoms with Gasteiger partial charge >= 0.3 is 0 Å². The average Bonchev–Trinajstić information content (AvgIpc) is 1.64. The van der Waals surface area contributed by atoms with E-state index >= 15 is 0 Å². The summed E-state index contributed by atoms with van der Waals surface area (Å²) in [6.07, 6.45) is 38.8. The van der Waals surface area contributed by atoms with Gasteiger partial charge in [-0.2, -0.15) is 0 Å². The van der Waals surface area contributed by atoms with Crippen LogP contribution in [0.1, 0.15) is 366 Å². The Morgan fingerprint density at radius 1 is 0.287 bits per heavy atom. The van der Waals surface area contributed by atoms with Crippen molar-refractivity contribution < 1.29 is 43.2 Å². The van der Waals surface area contributed by atoms with Crippen LogP contribution in [-0.4, -0.2) is 431 Å². The smallest absolute Gasteiger partial charge is 0.136 e.